The first kappa shape index (κ1) is 11.7. The molecule has 1 saturated heterocycles. The molecule has 2 rings (SSSR count). The largest absolute Gasteiger partial charge is 0.481 e. The van der Waals surface area contributed by atoms with Crippen molar-refractivity contribution in [3.8, 4) is 0 Å². The third-order valence-electron chi connectivity index (χ3n) is 3.21. The highest BCUT2D eigenvalue weighted by atomic mass is 16.4. The summed E-state index contributed by atoms with van der Waals surface area (Å²) in [7, 11) is 0. The van der Waals surface area contributed by atoms with E-state index >= 15 is 0 Å². The quantitative estimate of drug-likeness (QED) is 0.589. The standard InChI is InChI=1S/C10H15N3O4/c14-7-5-13(4-3-11-7)9(17)12-6-10(1-2-10)8(15)16/h1-6H2,(H,11,14)(H,12,17)(H,15,16). The van der Waals surface area contributed by atoms with Gasteiger partial charge in [0.25, 0.3) is 0 Å². The molecule has 0 atom stereocenters. The molecule has 2 aliphatic rings. The van der Waals surface area contributed by atoms with Crippen LogP contribution in [0.25, 0.3) is 0 Å². The average molecular weight is 241 g/mol. The van der Waals surface area contributed by atoms with E-state index in [0.717, 1.165) is 0 Å². The molecular weight excluding hydrogens is 226 g/mol. The van der Waals surface area contributed by atoms with Crippen LogP contribution < -0.4 is 10.6 Å². The molecule has 17 heavy (non-hydrogen) atoms. The molecule has 3 amide bonds. The molecule has 2 fully saturated rings. The van der Waals surface area contributed by atoms with Crippen LogP contribution in [0.4, 0.5) is 4.79 Å². The summed E-state index contributed by atoms with van der Waals surface area (Å²) in [6.07, 6.45) is 1.20. The maximum atomic E-state index is 11.7. The number of carboxylic acid groups (broad SMARTS) is 1. The first-order valence-electron chi connectivity index (χ1n) is 5.56. The van der Waals surface area contributed by atoms with Crippen LogP contribution in [0.15, 0.2) is 0 Å². The molecule has 1 heterocycles. The van der Waals surface area contributed by atoms with Gasteiger partial charge < -0.3 is 20.6 Å². The second-order valence-corrected chi connectivity index (χ2v) is 4.52. The van der Waals surface area contributed by atoms with Crippen molar-refractivity contribution in [2.24, 2.45) is 5.41 Å². The zero-order chi connectivity index (χ0) is 12.5. The summed E-state index contributed by atoms with van der Waals surface area (Å²) in [6, 6.07) is -0.368. The monoisotopic (exact) mass is 241 g/mol. The van der Waals surface area contributed by atoms with E-state index in [1.54, 1.807) is 0 Å². The van der Waals surface area contributed by atoms with Gasteiger partial charge in [0.2, 0.25) is 5.91 Å². The number of aliphatic carboxylic acids is 1. The second-order valence-electron chi connectivity index (χ2n) is 4.52. The summed E-state index contributed by atoms with van der Waals surface area (Å²) >= 11 is 0. The van der Waals surface area contributed by atoms with Gasteiger partial charge in [-0.15, -0.1) is 0 Å². The van der Waals surface area contributed by atoms with Crippen LogP contribution in [0.1, 0.15) is 12.8 Å². The van der Waals surface area contributed by atoms with E-state index in [4.69, 9.17) is 5.11 Å². The summed E-state index contributed by atoms with van der Waals surface area (Å²) in [6.45, 7) is 1.07. The highest BCUT2D eigenvalue weighted by Gasteiger charge is 2.50. The lowest BCUT2D eigenvalue weighted by atomic mass is 10.1. The van der Waals surface area contributed by atoms with Gasteiger partial charge in [0.1, 0.15) is 6.54 Å². The maximum Gasteiger partial charge on any atom is 0.317 e. The number of piperazine rings is 1. The molecule has 7 heteroatoms. The van der Waals surface area contributed by atoms with Crippen molar-refractivity contribution < 1.29 is 19.5 Å². The number of rotatable bonds is 3. The molecule has 7 nitrogen and oxygen atoms in total. The Kier molecular flexibility index (Phi) is 2.91. The van der Waals surface area contributed by atoms with Gasteiger partial charge in [-0.25, -0.2) is 4.79 Å². The van der Waals surface area contributed by atoms with Crippen molar-refractivity contribution in [1.82, 2.24) is 15.5 Å². The topological polar surface area (TPSA) is 98.7 Å². The normalized spacial score (nSPS) is 21.6. The van der Waals surface area contributed by atoms with Crippen molar-refractivity contribution in [2.75, 3.05) is 26.2 Å². The number of hydrogen-bond donors (Lipinski definition) is 3. The van der Waals surface area contributed by atoms with Crippen LogP contribution in [-0.4, -0.2) is 54.1 Å². The number of carbonyl (C=O) groups is 3. The summed E-state index contributed by atoms with van der Waals surface area (Å²) < 4.78 is 0. The number of nitrogens with zero attached hydrogens (tertiary/aromatic N) is 1. The van der Waals surface area contributed by atoms with Gasteiger partial charge >= 0.3 is 12.0 Å². The Balaban J connectivity index is 1.81. The summed E-state index contributed by atoms with van der Waals surface area (Å²) in [5, 5.41) is 14.1. The highest BCUT2D eigenvalue weighted by Crippen LogP contribution is 2.45. The average Bonchev–Trinajstić information content (AvgIpc) is 3.07. The van der Waals surface area contributed by atoms with Crippen molar-refractivity contribution >= 4 is 17.9 Å². The lowest BCUT2D eigenvalue weighted by Gasteiger charge is -2.27. The number of nitrogens with one attached hydrogen (secondary N) is 2. The van der Waals surface area contributed by atoms with E-state index in [0.29, 0.717) is 25.9 Å². The van der Waals surface area contributed by atoms with E-state index in [-0.39, 0.29) is 25.0 Å². The molecule has 0 aromatic heterocycles. The van der Waals surface area contributed by atoms with Crippen LogP contribution in [0.3, 0.4) is 0 Å². The molecule has 94 valence electrons. The van der Waals surface area contributed by atoms with E-state index in [1.165, 1.54) is 4.90 Å². The predicted octanol–water partition coefficient (Wildman–Crippen LogP) is -1.01. The lowest BCUT2D eigenvalue weighted by Crippen LogP contribution is -2.53. The molecule has 0 unspecified atom stereocenters. The molecular formula is C10H15N3O4. The minimum absolute atomic E-state index is 0.0336. The zero-order valence-corrected chi connectivity index (χ0v) is 9.36. The minimum Gasteiger partial charge on any atom is -0.481 e. The Hall–Kier alpha value is -1.79. The lowest BCUT2D eigenvalue weighted by molar-refractivity contribution is -0.143. The molecule has 3 N–H and O–H groups in total. The first-order valence-corrected chi connectivity index (χ1v) is 5.56. The van der Waals surface area contributed by atoms with Gasteiger partial charge in [0, 0.05) is 19.6 Å². The smallest absolute Gasteiger partial charge is 0.317 e. The summed E-state index contributed by atoms with van der Waals surface area (Å²) in [4.78, 5) is 35.0. The third-order valence-corrected chi connectivity index (χ3v) is 3.21. The van der Waals surface area contributed by atoms with Gasteiger partial charge in [-0.2, -0.15) is 0 Å². The van der Waals surface area contributed by atoms with Gasteiger partial charge in [0.05, 0.1) is 5.41 Å². The van der Waals surface area contributed by atoms with Crippen LogP contribution in [0, 0.1) is 5.41 Å². The van der Waals surface area contributed by atoms with Gasteiger partial charge in [-0.05, 0) is 12.8 Å². The van der Waals surface area contributed by atoms with E-state index < -0.39 is 11.4 Å². The van der Waals surface area contributed by atoms with Crippen molar-refractivity contribution in [3.05, 3.63) is 0 Å². The van der Waals surface area contributed by atoms with Crippen molar-refractivity contribution in [3.63, 3.8) is 0 Å². The van der Waals surface area contributed by atoms with E-state index in [9.17, 15) is 14.4 Å². The number of carboxylic acids is 1. The Labute approximate surface area is 98.2 Å². The number of hydrogen-bond acceptors (Lipinski definition) is 3. The molecule has 0 aromatic carbocycles. The molecule has 0 aromatic rings. The van der Waals surface area contributed by atoms with Gasteiger partial charge in [0.15, 0.2) is 0 Å². The van der Waals surface area contributed by atoms with E-state index in [2.05, 4.69) is 10.6 Å². The highest BCUT2D eigenvalue weighted by molar-refractivity contribution is 5.85. The molecule has 0 spiro atoms. The molecule has 0 bridgehead atoms. The Morgan fingerprint density at radius 3 is 2.71 bits per heavy atom. The fourth-order valence-electron chi connectivity index (χ4n) is 1.79. The minimum atomic E-state index is -0.866. The summed E-state index contributed by atoms with van der Waals surface area (Å²) in [5.74, 6) is -1.06. The molecule has 0 radical (unpaired) electrons. The molecule has 1 saturated carbocycles. The molecule has 1 aliphatic carbocycles. The number of urea groups is 1. The van der Waals surface area contributed by atoms with E-state index in [1.807, 2.05) is 0 Å². The van der Waals surface area contributed by atoms with Crippen LogP contribution in [-0.2, 0) is 9.59 Å². The summed E-state index contributed by atoms with van der Waals surface area (Å²) in [5.41, 5.74) is -0.770. The fourth-order valence-corrected chi connectivity index (χ4v) is 1.79. The Bertz CT molecular complexity index is 365. The molecule has 1 aliphatic heterocycles. The predicted molar refractivity (Wildman–Crippen MR) is 57.3 cm³/mol. The fraction of sp³-hybridized carbons (Fsp3) is 0.700. The Morgan fingerprint density at radius 2 is 2.18 bits per heavy atom. The SMILES string of the molecule is O=C1CN(C(=O)NCC2(C(=O)O)CC2)CCN1. The third kappa shape index (κ3) is 2.48. The van der Waals surface area contributed by atoms with Gasteiger partial charge in [-0.1, -0.05) is 0 Å². The second kappa shape index (κ2) is 4.23. The maximum absolute atomic E-state index is 11.7. The Morgan fingerprint density at radius 1 is 1.47 bits per heavy atom. The number of carbonyl (C=O) groups excluding carboxylic acids is 2. The number of amides is 3. The van der Waals surface area contributed by atoms with Crippen LogP contribution in [0.2, 0.25) is 0 Å². The van der Waals surface area contributed by atoms with Crippen LogP contribution >= 0.6 is 0 Å². The van der Waals surface area contributed by atoms with Crippen molar-refractivity contribution in [2.45, 2.75) is 12.8 Å². The van der Waals surface area contributed by atoms with Crippen LogP contribution in [0.5, 0.6) is 0 Å². The first-order chi connectivity index (χ1) is 8.03. The zero-order valence-electron chi connectivity index (χ0n) is 9.36. The van der Waals surface area contributed by atoms with Gasteiger partial charge in [-0.3, -0.25) is 9.59 Å². The van der Waals surface area contributed by atoms with Crippen molar-refractivity contribution in [1.29, 1.82) is 0 Å².